The molecule has 0 radical (unpaired) electrons. The predicted octanol–water partition coefficient (Wildman–Crippen LogP) is 2.00. The van der Waals surface area contributed by atoms with Gasteiger partial charge in [0.1, 0.15) is 24.2 Å². The summed E-state index contributed by atoms with van der Waals surface area (Å²) in [6.45, 7) is 0.122. The lowest BCUT2D eigenvalue weighted by atomic mass is 10.0. The lowest BCUT2D eigenvalue weighted by Gasteiger charge is -2.29. The highest BCUT2D eigenvalue weighted by atomic mass is 19.1. The van der Waals surface area contributed by atoms with E-state index in [0.717, 1.165) is 18.7 Å². The second-order valence-electron chi connectivity index (χ2n) is 8.06. The number of imide groups is 1. The van der Waals surface area contributed by atoms with E-state index in [0.29, 0.717) is 24.7 Å². The summed E-state index contributed by atoms with van der Waals surface area (Å²) in [6, 6.07) is 6.42. The van der Waals surface area contributed by atoms with Crippen LogP contribution >= 0.6 is 0 Å². The summed E-state index contributed by atoms with van der Waals surface area (Å²) in [7, 11) is 0. The van der Waals surface area contributed by atoms with E-state index in [1.807, 2.05) is 0 Å². The van der Waals surface area contributed by atoms with Gasteiger partial charge < -0.3 is 14.4 Å². The van der Waals surface area contributed by atoms with Crippen LogP contribution in [0.15, 0.2) is 36.4 Å². The Morgan fingerprint density at radius 3 is 2.79 bits per heavy atom. The number of hydrogen-bond donors (Lipinski definition) is 1. The van der Waals surface area contributed by atoms with Crippen LogP contribution in [0.3, 0.4) is 0 Å². The fourth-order valence-electron chi connectivity index (χ4n) is 4.00. The molecule has 0 bridgehead atoms. The number of ether oxygens (including phenoxy) is 2. The number of nitrogens with zero attached hydrogens (tertiary/aromatic N) is 2. The number of amides is 3. The van der Waals surface area contributed by atoms with Gasteiger partial charge in [0, 0.05) is 48.2 Å². The van der Waals surface area contributed by atoms with Crippen molar-refractivity contribution in [3.63, 3.8) is 0 Å². The van der Waals surface area contributed by atoms with Gasteiger partial charge in [0.15, 0.2) is 0 Å². The first-order valence-electron chi connectivity index (χ1n) is 13.8. The lowest BCUT2D eigenvalue weighted by Crippen LogP contribution is -2.52. The third-order valence-corrected chi connectivity index (χ3v) is 5.78. The molecule has 0 spiro atoms. The van der Waals surface area contributed by atoms with Gasteiger partial charge in [-0.05, 0) is 30.1 Å². The molecule has 2 saturated heterocycles. The van der Waals surface area contributed by atoms with Gasteiger partial charge in [-0.3, -0.25) is 24.6 Å². The molecule has 3 aliphatic heterocycles. The highest BCUT2D eigenvalue weighted by Crippen LogP contribution is 2.34. The number of hydrogen-bond acceptors (Lipinski definition) is 6. The predicted molar refractivity (Wildman–Crippen MR) is 119 cm³/mol. The number of piperidine rings is 1. The largest absolute Gasteiger partial charge is 0.488 e. The van der Waals surface area contributed by atoms with Gasteiger partial charge in [0.25, 0.3) is 5.91 Å². The molecule has 1 atom stereocenters. The first kappa shape index (κ1) is 16.3. The summed E-state index contributed by atoms with van der Waals surface area (Å²) in [6.07, 6.45) is -6.49. The minimum absolute atomic E-state index is 0.133. The van der Waals surface area contributed by atoms with Gasteiger partial charge in [-0.15, -0.1) is 0 Å². The molecule has 2 fully saturated rings. The first-order valence-corrected chi connectivity index (χ1v) is 10.8. The number of benzene rings is 2. The topological polar surface area (TPSA) is 88.2 Å². The van der Waals surface area contributed by atoms with Crippen molar-refractivity contribution >= 4 is 17.7 Å². The molecule has 3 aliphatic rings. The van der Waals surface area contributed by atoms with Gasteiger partial charge in [0.05, 0.1) is 22.5 Å². The van der Waals surface area contributed by atoms with Gasteiger partial charge in [-0.1, -0.05) is 18.2 Å². The number of carbonyl (C=O) groups is 3. The summed E-state index contributed by atoms with van der Waals surface area (Å²) in [4.78, 5) is 40.4. The Balaban J connectivity index is 1.40. The monoisotopic (exact) mass is 473 g/mol. The second kappa shape index (κ2) is 9.52. The van der Waals surface area contributed by atoms with Crippen LogP contribution < -0.4 is 10.1 Å². The molecule has 8 nitrogen and oxygen atoms in total. The molecule has 3 heterocycles. The molecule has 0 unspecified atom stereocenters. The van der Waals surface area contributed by atoms with E-state index in [1.54, 1.807) is 17.4 Å². The second-order valence-corrected chi connectivity index (χ2v) is 8.06. The molecule has 2 aromatic rings. The van der Waals surface area contributed by atoms with Gasteiger partial charge in [0.2, 0.25) is 11.8 Å². The van der Waals surface area contributed by atoms with Gasteiger partial charge in [-0.25, -0.2) is 4.39 Å². The van der Waals surface area contributed by atoms with Crippen LogP contribution in [-0.4, -0.2) is 59.9 Å². The van der Waals surface area contributed by atoms with Crippen LogP contribution in [0.4, 0.5) is 4.39 Å². The van der Waals surface area contributed by atoms with Crippen LogP contribution in [0.5, 0.6) is 5.75 Å². The van der Waals surface area contributed by atoms with E-state index in [9.17, 15) is 18.8 Å². The SMILES string of the molecule is [2H]C1([2H])c2c(OCc3ccc(CN4CCOCC4)cc3F)cccc2C(=O)N1[C@H]1C(=O)NC(=O)C([2H])([2H])C1([2H])[2H]. The van der Waals surface area contributed by atoms with Crippen molar-refractivity contribution in [2.45, 2.75) is 38.4 Å². The first-order chi connectivity index (χ1) is 18.8. The van der Waals surface area contributed by atoms with Gasteiger partial charge in [-0.2, -0.15) is 0 Å². The zero-order valence-electron chi connectivity index (χ0n) is 24.1. The third kappa shape index (κ3) is 4.53. The fraction of sp³-hybridized carbons (Fsp3) is 0.400. The molecular weight excluding hydrogens is 441 g/mol. The van der Waals surface area contributed by atoms with Crippen LogP contribution in [0.1, 0.15) is 48.0 Å². The maximum Gasteiger partial charge on any atom is 0.255 e. The summed E-state index contributed by atoms with van der Waals surface area (Å²) in [5.74, 6) is -4.62. The molecule has 178 valence electrons. The average molecular weight is 474 g/mol. The Kier molecular flexibility index (Phi) is 4.58. The quantitative estimate of drug-likeness (QED) is 0.646. The Morgan fingerprint density at radius 1 is 1.18 bits per heavy atom. The van der Waals surface area contributed by atoms with Crippen molar-refractivity contribution in [2.24, 2.45) is 0 Å². The number of carbonyl (C=O) groups excluding carboxylic acids is 3. The minimum Gasteiger partial charge on any atom is -0.488 e. The summed E-state index contributed by atoms with van der Waals surface area (Å²) < 4.78 is 75.6. The standard InChI is InChI=1S/C25H26FN3O5/c26-20-12-16(13-28-8-10-33-11-9-28)4-5-17(20)15-34-22-3-1-2-18-19(22)14-29(25(18)32)21-6-7-23(30)27-24(21)31/h1-5,12,21H,6-11,13-15H2,(H,27,30,31)/t21-/m1/s1/i6D2,7D2,14D2. The molecular formula is C25H26FN3O5. The Hall–Kier alpha value is -3.30. The Bertz CT molecular complexity index is 1380. The molecule has 0 saturated carbocycles. The van der Waals surface area contributed by atoms with Crippen LogP contribution in [0.25, 0.3) is 0 Å². The third-order valence-electron chi connectivity index (χ3n) is 5.78. The number of nitrogens with one attached hydrogen (secondary N) is 1. The molecule has 1 N–H and O–H groups in total. The van der Waals surface area contributed by atoms with Crippen molar-refractivity contribution in [3.05, 3.63) is 64.5 Å². The molecule has 0 aromatic heterocycles. The summed E-state index contributed by atoms with van der Waals surface area (Å²) in [5.41, 5.74) is 0.398. The molecule has 5 rings (SSSR count). The number of halogens is 1. The number of morpholine rings is 1. The van der Waals surface area contributed by atoms with Crippen molar-refractivity contribution in [1.82, 2.24) is 15.1 Å². The Labute approximate surface area is 205 Å². The molecule has 0 aliphatic carbocycles. The van der Waals surface area contributed by atoms with E-state index in [4.69, 9.17) is 17.7 Å². The lowest BCUT2D eigenvalue weighted by molar-refractivity contribution is -0.136. The van der Waals surface area contributed by atoms with Crippen molar-refractivity contribution in [1.29, 1.82) is 0 Å². The van der Waals surface area contributed by atoms with Crippen LogP contribution in [0, 0.1) is 5.82 Å². The highest BCUT2D eigenvalue weighted by Gasteiger charge is 2.40. The molecule has 3 amide bonds. The zero-order valence-corrected chi connectivity index (χ0v) is 18.1. The van der Waals surface area contributed by atoms with Crippen molar-refractivity contribution < 1.29 is 36.5 Å². The average Bonchev–Trinajstić information content (AvgIpc) is 3.09. The van der Waals surface area contributed by atoms with E-state index in [-0.39, 0.29) is 29.0 Å². The van der Waals surface area contributed by atoms with E-state index >= 15 is 0 Å². The molecule has 9 heteroatoms. The van der Waals surface area contributed by atoms with Gasteiger partial charge >= 0.3 is 0 Å². The van der Waals surface area contributed by atoms with Crippen LogP contribution in [-0.2, 0) is 34.0 Å². The zero-order chi connectivity index (χ0) is 29.0. The smallest absolute Gasteiger partial charge is 0.255 e. The summed E-state index contributed by atoms with van der Waals surface area (Å²) >= 11 is 0. The van der Waals surface area contributed by atoms with E-state index in [2.05, 4.69) is 4.90 Å². The molecule has 34 heavy (non-hydrogen) atoms. The van der Waals surface area contributed by atoms with Crippen LogP contribution in [0.2, 0.25) is 0 Å². The minimum atomic E-state index is -3.26. The number of fused-ring (bicyclic) bond motifs is 1. The number of rotatable bonds is 6. The normalized spacial score (nSPS) is 28.0. The van der Waals surface area contributed by atoms with Crippen molar-refractivity contribution in [2.75, 3.05) is 26.3 Å². The van der Waals surface area contributed by atoms with E-state index in [1.165, 1.54) is 24.3 Å². The maximum absolute atomic E-state index is 14.9. The highest BCUT2D eigenvalue weighted by molar-refractivity contribution is 6.05. The molecule has 2 aromatic carbocycles. The maximum atomic E-state index is 14.9. The fourth-order valence-corrected chi connectivity index (χ4v) is 4.00. The van der Waals surface area contributed by atoms with Crippen molar-refractivity contribution in [3.8, 4) is 5.75 Å². The Morgan fingerprint density at radius 2 is 2.00 bits per heavy atom. The summed E-state index contributed by atoms with van der Waals surface area (Å²) in [5, 5.41) is 1.70. The van der Waals surface area contributed by atoms with E-state index < -0.39 is 48.8 Å².